The number of rotatable bonds is 4. The lowest BCUT2D eigenvalue weighted by atomic mass is 10.2. The average Bonchev–Trinajstić information content (AvgIpc) is 2.99. The Kier molecular flexibility index (Phi) is 3.72. The van der Waals surface area contributed by atoms with Crippen molar-refractivity contribution in [3.63, 3.8) is 0 Å². The minimum Gasteiger partial charge on any atom is -0.436 e. The maximum absolute atomic E-state index is 8.82. The Bertz CT molecular complexity index is 917. The number of hydrogen-bond donors (Lipinski definition) is 3. The summed E-state index contributed by atoms with van der Waals surface area (Å²) in [5.41, 5.74) is 10.6. The van der Waals surface area contributed by atoms with Gasteiger partial charge in [-0.05, 0) is 30.3 Å². The molecule has 23 heavy (non-hydrogen) atoms. The van der Waals surface area contributed by atoms with E-state index in [-0.39, 0.29) is 5.71 Å². The molecule has 1 aromatic heterocycles. The topological polar surface area (TPSA) is 124 Å². The number of benzene rings is 2. The van der Waals surface area contributed by atoms with Crippen molar-refractivity contribution in [3.05, 3.63) is 48.5 Å². The lowest BCUT2D eigenvalue weighted by Gasteiger charge is -2.02. The van der Waals surface area contributed by atoms with E-state index in [4.69, 9.17) is 20.8 Å². The van der Waals surface area contributed by atoms with Crippen molar-refractivity contribution in [3.8, 4) is 17.5 Å². The van der Waals surface area contributed by atoms with E-state index in [0.29, 0.717) is 17.2 Å². The zero-order chi connectivity index (χ0) is 16.2. The van der Waals surface area contributed by atoms with Crippen LogP contribution in [0.2, 0.25) is 0 Å². The molecule has 7 nitrogen and oxygen atoms in total. The van der Waals surface area contributed by atoms with Gasteiger partial charge in [0.25, 0.3) is 0 Å². The highest BCUT2D eigenvalue weighted by Crippen LogP contribution is 2.25. The van der Waals surface area contributed by atoms with Crippen LogP contribution < -0.4 is 11.2 Å². The molecule has 0 radical (unpaired) electrons. The fraction of sp³-hybridized carbons (Fsp3) is 0. The number of para-hydroxylation sites is 2. The molecule has 3 aromatic rings. The zero-order valence-electron chi connectivity index (χ0n) is 11.9. The Morgan fingerprint density at radius 2 is 2.09 bits per heavy atom. The highest BCUT2D eigenvalue weighted by atomic mass is 16.3. The van der Waals surface area contributed by atoms with E-state index in [9.17, 15) is 0 Å². The van der Waals surface area contributed by atoms with Crippen LogP contribution >= 0.6 is 0 Å². The van der Waals surface area contributed by atoms with E-state index in [1.54, 1.807) is 18.2 Å². The molecule has 0 unspecified atom stereocenters. The number of oxazole rings is 1. The average molecular weight is 304 g/mol. The van der Waals surface area contributed by atoms with Gasteiger partial charge in [-0.25, -0.2) is 4.98 Å². The number of nitriles is 1. The first-order valence-electron chi connectivity index (χ1n) is 6.71. The van der Waals surface area contributed by atoms with Crippen LogP contribution in [0, 0.1) is 16.7 Å². The summed E-state index contributed by atoms with van der Waals surface area (Å²) >= 11 is 0. The number of anilines is 1. The maximum Gasteiger partial charge on any atom is 0.227 e. The first-order chi connectivity index (χ1) is 11.2. The first-order valence-corrected chi connectivity index (χ1v) is 6.71. The summed E-state index contributed by atoms with van der Waals surface area (Å²) in [6.07, 6.45) is 0. The largest absolute Gasteiger partial charge is 0.436 e. The number of fused-ring (bicyclic) bond motifs is 1. The smallest absolute Gasteiger partial charge is 0.227 e. The lowest BCUT2D eigenvalue weighted by molar-refractivity contribution is 0.620. The molecule has 0 aliphatic carbocycles. The molecule has 0 spiro atoms. The van der Waals surface area contributed by atoms with Crippen molar-refractivity contribution in [1.29, 1.82) is 10.7 Å². The van der Waals surface area contributed by atoms with Crippen LogP contribution in [0.1, 0.15) is 0 Å². The molecule has 0 aliphatic rings. The Balaban J connectivity index is 1.91. The molecule has 0 saturated heterocycles. The summed E-state index contributed by atoms with van der Waals surface area (Å²) in [6.45, 7) is 0. The summed E-state index contributed by atoms with van der Waals surface area (Å²) in [6, 6.07) is 16.5. The molecule has 0 bridgehead atoms. The molecule has 112 valence electrons. The Morgan fingerprint density at radius 3 is 2.83 bits per heavy atom. The standard InChI is InChI=1S/C16H12N6O/c17-9-13(15(18)19)22-21-11-5-3-4-10(8-11)16-20-12-6-1-2-7-14(12)23-16/h1-8,21H,(H3,18,19)/b22-13+. The summed E-state index contributed by atoms with van der Waals surface area (Å²) < 4.78 is 5.71. The molecule has 4 N–H and O–H groups in total. The third-order valence-electron chi connectivity index (χ3n) is 3.06. The van der Waals surface area contributed by atoms with Gasteiger partial charge in [0.15, 0.2) is 11.4 Å². The lowest BCUT2D eigenvalue weighted by Crippen LogP contribution is -2.21. The van der Waals surface area contributed by atoms with E-state index >= 15 is 0 Å². The SMILES string of the molecule is N#C/C(=N\Nc1cccc(-c2nc3ccccc3o2)c1)C(=N)N. The molecular formula is C16H12N6O. The van der Waals surface area contributed by atoms with E-state index in [1.807, 2.05) is 36.4 Å². The predicted octanol–water partition coefficient (Wildman–Crippen LogP) is 2.72. The quantitative estimate of drug-likeness (QED) is 0.388. The van der Waals surface area contributed by atoms with Gasteiger partial charge in [0.1, 0.15) is 11.6 Å². The molecule has 0 saturated carbocycles. The first kappa shape index (κ1) is 14.3. The number of nitrogens with zero attached hydrogens (tertiary/aromatic N) is 3. The molecule has 7 heteroatoms. The number of aromatic nitrogens is 1. The third-order valence-corrected chi connectivity index (χ3v) is 3.06. The monoisotopic (exact) mass is 304 g/mol. The van der Waals surface area contributed by atoms with Crippen LogP contribution in [0.5, 0.6) is 0 Å². The normalized spacial score (nSPS) is 11.2. The number of nitrogens with two attached hydrogens (primary N) is 1. The van der Waals surface area contributed by atoms with Gasteiger partial charge in [-0.15, -0.1) is 0 Å². The van der Waals surface area contributed by atoms with Gasteiger partial charge in [0.05, 0.1) is 5.69 Å². The fourth-order valence-electron chi connectivity index (χ4n) is 1.98. The van der Waals surface area contributed by atoms with E-state index in [1.165, 1.54) is 0 Å². The van der Waals surface area contributed by atoms with Crippen LogP contribution in [0.4, 0.5) is 5.69 Å². The molecule has 0 atom stereocenters. The second kappa shape index (κ2) is 5.99. The van der Waals surface area contributed by atoms with Crippen molar-refractivity contribution in [2.75, 3.05) is 5.43 Å². The summed E-state index contributed by atoms with van der Waals surface area (Å²) in [5, 5.41) is 19.8. The van der Waals surface area contributed by atoms with E-state index in [2.05, 4.69) is 15.5 Å². The number of hydrazone groups is 1. The van der Waals surface area contributed by atoms with Crippen LogP contribution in [-0.4, -0.2) is 16.5 Å². The molecule has 1 heterocycles. The fourth-order valence-corrected chi connectivity index (χ4v) is 1.98. The van der Waals surface area contributed by atoms with E-state index < -0.39 is 5.84 Å². The summed E-state index contributed by atoms with van der Waals surface area (Å²) in [5.74, 6) is 0.0982. The van der Waals surface area contributed by atoms with Gasteiger partial charge < -0.3 is 10.2 Å². The van der Waals surface area contributed by atoms with Crippen LogP contribution in [0.3, 0.4) is 0 Å². The van der Waals surface area contributed by atoms with Crippen molar-refractivity contribution in [2.45, 2.75) is 0 Å². The van der Waals surface area contributed by atoms with Gasteiger partial charge in [0, 0.05) is 5.56 Å². The van der Waals surface area contributed by atoms with Crippen LogP contribution in [0.15, 0.2) is 58.0 Å². The molecule has 0 amide bonds. The summed E-state index contributed by atoms with van der Waals surface area (Å²) in [4.78, 5) is 4.43. The van der Waals surface area contributed by atoms with Crippen LogP contribution in [-0.2, 0) is 0 Å². The number of hydrogen-bond acceptors (Lipinski definition) is 6. The second-order valence-electron chi connectivity index (χ2n) is 4.67. The molecular weight excluding hydrogens is 292 g/mol. The molecule has 3 rings (SSSR count). The van der Waals surface area contributed by atoms with Crippen molar-refractivity contribution in [1.82, 2.24) is 4.98 Å². The maximum atomic E-state index is 8.82. The van der Waals surface area contributed by atoms with Crippen molar-refractivity contribution in [2.24, 2.45) is 10.8 Å². The third kappa shape index (κ3) is 3.01. The molecule has 0 aliphatic heterocycles. The minimum absolute atomic E-state index is 0.183. The number of nitrogens with one attached hydrogen (secondary N) is 2. The Morgan fingerprint density at radius 1 is 1.26 bits per heavy atom. The highest BCUT2D eigenvalue weighted by molar-refractivity contribution is 6.45. The van der Waals surface area contributed by atoms with Crippen molar-refractivity contribution >= 4 is 28.3 Å². The molecule has 0 fully saturated rings. The van der Waals surface area contributed by atoms with Crippen molar-refractivity contribution < 1.29 is 4.42 Å². The van der Waals surface area contributed by atoms with Gasteiger partial charge in [-0.2, -0.15) is 10.4 Å². The Hall–Kier alpha value is -3.66. The molecule has 2 aromatic carbocycles. The van der Waals surface area contributed by atoms with Gasteiger partial charge in [-0.1, -0.05) is 18.2 Å². The van der Waals surface area contributed by atoms with Gasteiger partial charge in [-0.3, -0.25) is 10.8 Å². The van der Waals surface area contributed by atoms with Crippen LogP contribution in [0.25, 0.3) is 22.6 Å². The van der Waals surface area contributed by atoms with Gasteiger partial charge in [0.2, 0.25) is 11.6 Å². The number of amidine groups is 1. The Labute approximate surface area is 131 Å². The van der Waals surface area contributed by atoms with E-state index in [0.717, 1.165) is 11.1 Å². The minimum atomic E-state index is -0.393. The van der Waals surface area contributed by atoms with Gasteiger partial charge >= 0.3 is 0 Å². The highest BCUT2D eigenvalue weighted by Gasteiger charge is 2.08. The second-order valence-corrected chi connectivity index (χ2v) is 4.67. The summed E-state index contributed by atoms with van der Waals surface area (Å²) in [7, 11) is 0. The predicted molar refractivity (Wildman–Crippen MR) is 88.0 cm³/mol. The zero-order valence-corrected chi connectivity index (χ0v) is 11.9.